The Morgan fingerprint density at radius 3 is 2.34 bits per heavy atom. The number of likely N-dealkylation sites (tertiary alicyclic amines) is 1. The van der Waals surface area contributed by atoms with Crippen molar-refractivity contribution in [3.63, 3.8) is 0 Å². The summed E-state index contributed by atoms with van der Waals surface area (Å²) in [5.41, 5.74) is 2.12. The number of nitrogens with zero attached hydrogens (tertiary/aromatic N) is 3. The van der Waals surface area contributed by atoms with Crippen molar-refractivity contribution >= 4 is 23.4 Å². The second-order valence-corrected chi connectivity index (χ2v) is 11.4. The number of fused-ring (bicyclic) bond motifs is 1. The Hall–Kier alpha value is -3.75. The van der Waals surface area contributed by atoms with E-state index >= 15 is 0 Å². The lowest BCUT2D eigenvalue weighted by atomic mass is 9.70. The number of aryl methyl sites for hydroxylation is 2. The number of carbonyl (C=O) groups is 3. The van der Waals surface area contributed by atoms with Crippen LogP contribution in [0.4, 0.5) is 5.69 Å². The number of anilines is 1. The van der Waals surface area contributed by atoms with E-state index in [0.29, 0.717) is 24.9 Å². The number of benzene rings is 2. The van der Waals surface area contributed by atoms with Crippen molar-refractivity contribution in [1.29, 1.82) is 0 Å². The Labute approximate surface area is 241 Å². The summed E-state index contributed by atoms with van der Waals surface area (Å²) >= 11 is 0. The van der Waals surface area contributed by atoms with Crippen LogP contribution in [-0.4, -0.2) is 77.1 Å². The Morgan fingerprint density at radius 1 is 1.07 bits per heavy atom. The van der Waals surface area contributed by atoms with Crippen LogP contribution in [0, 0.1) is 25.7 Å². The summed E-state index contributed by atoms with van der Waals surface area (Å²) in [6.07, 6.45) is 3.89. The molecule has 1 N–H and O–H groups in total. The van der Waals surface area contributed by atoms with E-state index in [0.717, 1.165) is 16.8 Å². The molecular formula is C33H39N3O5. The molecule has 0 saturated carbocycles. The normalized spacial score (nSPS) is 26.9. The van der Waals surface area contributed by atoms with Gasteiger partial charge in [0.05, 0.1) is 30.6 Å². The van der Waals surface area contributed by atoms with E-state index in [9.17, 15) is 19.5 Å². The van der Waals surface area contributed by atoms with Crippen molar-refractivity contribution in [1.82, 2.24) is 9.80 Å². The maximum absolute atomic E-state index is 14.9. The molecule has 3 saturated heterocycles. The summed E-state index contributed by atoms with van der Waals surface area (Å²) in [4.78, 5) is 47.9. The summed E-state index contributed by atoms with van der Waals surface area (Å²) in [6.45, 7) is 11.7. The molecule has 2 aromatic carbocycles. The molecule has 0 aromatic heterocycles. The molecule has 216 valence electrons. The highest BCUT2D eigenvalue weighted by Gasteiger charge is 2.75. The number of amides is 3. The molecule has 0 radical (unpaired) electrons. The van der Waals surface area contributed by atoms with Gasteiger partial charge in [0.15, 0.2) is 0 Å². The molecule has 1 spiro atoms. The maximum Gasteiger partial charge on any atom is 0.253 e. The molecule has 3 amide bonds. The molecule has 5 rings (SSSR count). The number of hydrogen-bond acceptors (Lipinski definition) is 5. The van der Waals surface area contributed by atoms with Crippen molar-refractivity contribution in [2.45, 2.75) is 50.5 Å². The molecule has 6 atom stereocenters. The van der Waals surface area contributed by atoms with E-state index in [1.807, 2.05) is 62.4 Å². The predicted molar refractivity (Wildman–Crippen MR) is 157 cm³/mol. The number of likely N-dealkylation sites (N-methyl/N-ethyl adjacent to an activating group) is 1. The number of aliphatic hydroxyl groups is 1. The average Bonchev–Trinajstić information content (AvgIpc) is 3.60. The van der Waals surface area contributed by atoms with Gasteiger partial charge in [-0.3, -0.25) is 14.4 Å². The lowest BCUT2D eigenvalue weighted by Crippen LogP contribution is -2.57. The van der Waals surface area contributed by atoms with Gasteiger partial charge in [0.1, 0.15) is 11.6 Å². The van der Waals surface area contributed by atoms with Crippen molar-refractivity contribution in [2.24, 2.45) is 11.8 Å². The van der Waals surface area contributed by atoms with Crippen molar-refractivity contribution in [3.05, 3.63) is 90.5 Å². The van der Waals surface area contributed by atoms with Gasteiger partial charge in [-0.2, -0.15) is 0 Å². The van der Waals surface area contributed by atoms with Gasteiger partial charge in [-0.15, -0.1) is 13.2 Å². The van der Waals surface area contributed by atoms with E-state index in [2.05, 4.69) is 13.2 Å². The van der Waals surface area contributed by atoms with Crippen molar-refractivity contribution in [3.8, 4) is 0 Å². The zero-order valence-corrected chi connectivity index (χ0v) is 24.0. The summed E-state index contributed by atoms with van der Waals surface area (Å²) in [5, 5.41) is 10.7. The predicted octanol–water partition coefficient (Wildman–Crippen LogP) is 3.58. The molecular weight excluding hydrogens is 518 g/mol. The first kappa shape index (κ1) is 28.8. The average molecular weight is 558 g/mol. The largest absolute Gasteiger partial charge is 0.394 e. The summed E-state index contributed by atoms with van der Waals surface area (Å²) < 4.78 is 6.64. The molecule has 3 heterocycles. The molecule has 8 nitrogen and oxygen atoms in total. The first-order valence-corrected chi connectivity index (χ1v) is 14.2. The van der Waals surface area contributed by atoms with E-state index < -0.39 is 35.6 Å². The summed E-state index contributed by atoms with van der Waals surface area (Å²) in [7, 11) is 1.69. The van der Waals surface area contributed by atoms with Crippen molar-refractivity contribution < 1.29 is 24.2 Å². The number of ether oxygens (including phenoxy) is 1. The van der Waals surface area contributed by atoms with Gasteiger partial charge < -0.3 is 24.5 Å². The SMILES string of the molecule is C=CCN(C)C(=O)[C@@H]1[C@H]2C(=O)N([C@H](CO)c3ccccc3)C(C(=O)N(CC=C)c3c(C)cccc3C)C23CC[C@H]1O3. The van der Waals surface area contributed by atoms with Crippen LogP contribution in [0.3, 0.4) is 0 Å². The standard InChI is InChI=1S/C33H39N3O5/c1-6-18-34(5)30(38)26-25-16-17-33(41-25)27(26)31(39)36(24(20-37)23-14-9-8-10-15-23)29(33)32(40)35(19-7-2)28-21(3)12-11-13-22(28)4/h6-15,24-27,29,37H,1-2,16-20H2,3-5H3/t24-,25-,26+,27+,29?,33?/m1/s1. The Morgan fingerprint density at radius 2 is 1.73 bits per heavy atom. The third kappa shape index (κ3) is 4.50. The minimum Gasteiger partial charge on any atom is -0.394 e. The van der Waals surface area contributed by atoms with Crippen LogP contribution < -0.4 is 4.90 Å². The highest BCUT2D eigenvalue weighted by atomic mass is 16.5. The lowest BCUT2D eigenvalue weighted by molar-refractivity contribution is -0.147. The zero-order valence-electron chi connectivity index (χ0n) is 24.0. The molecule has 2 aromatic rings. The molecule has 3 aliphatic heterocycles. The molecule has 8 heteroatoms. The quantitative estimate of drug-likeness (QED) is 0.451. The fourth-order valence-electron chi connectivity index (χ4n) is 7.35. The van der Waals surface area contributed by atoms with E-state index in [4.69, 9.17) is 4.74 Å². The molecule has 3 fully saturated rings. The minimum atomic E-state index is -1.19. The van der Waals surface area contributed by atoms with Crippen LogP contribution in [0.2, 0.25) is 0 Å². The van der Waals surface area contributed by atoms with Crippen LogP contribution in [-0.2, 0) is 19.1 Å². The Bertz CT molecular complexity index is 1340. The number of rotatable bonds is 10. The van der Waals surface area contributed by atoms with Gasteiger partial charge in [-0.05, 0) is 43.4 Å². The van der Waals surface area contributed by atoms with E-state index in [1.54, 1.807) is 29.0 Å². The first-order valence-electron chi connectivity index (χ1n) is 14.2. The third-order valence-corrected chi connectivity index (χ3v) is 9.02. The van der Waals surface area contributed by atoms with Crippen molar-refractivity contribution in [2.75, 3.05) is 31.6 Å². The number of carbonyl (C=O) groups excluding carboxylic acids is 3. The van der Waals surface area contributed by atoms with Crippen LogP contribution in [0.25, 0.3) is 0 Å². The van der Waals surface area contributed by atoms with Crippen LogP contribution in [0.5, 0.6) is 0 Å². The van der Waals surface area contributed by atoms with Gasteiger partial charge in [0.2, 0.25) is 11.8 Å². The zero-order chi connectivity index (χ0) is 29.5. The molecule has 2 bridgehead atoms. The topological polar surface area (TPSA) is 90.4 Å². The fraction of sp³-hybridized carbons (Fsp3) is 0.424. The minimum absolute atomic E-state index is 0.194. The van der Waals surface area contributed by atoms with Gasteiger partial charge in [0.25, 0.3) is 5.91 Å². The van der Waals surface area contributed by atoms with Gasteiger partial charge in [0, 0.05) is 25.8 Å². The fourth-order valence-corrected chi connectivity index (χ4v) is 7.35. The highest BCUT2D eigenvalue weighted by Crippen LogP contribution is 2.60. The van der Waals surface area contributed by atoms with E-state index in [-0.39, 0.29) is 30.9 Å². The number of hydrogen-bond donors (Lipinski definition) is 1. The maximum atomic E-state index is 14.9. The highest BCUT2D eigenvalue weighted by molar-refractivity contribution is 6.05. The molecule has 0 aliphatic carbocycles. The van der Waals surface area contributed by atoms with Gasteiger partial charge >= 0.3 is 0 Å². The third-order valence-electron chi connectivity index (χ3n) is 9.02. The molecule has 2 unspecified atom stereocenters. The number of para-hydroxylation sites is 1. The second-order valence-electron chi connectivity index (χ2n) is 11.4. The second kappa shape index (κ2) is 11.3. The van der Waals surface area contributed by atoms with E-state index in [1.165, 1.54) is 4.90 Å². The smallest absolute Gasteiger partial charge is 0.253 e. The van der Waals surface area contributed by atoms with Gasteiger partial charge in [-0.1, -0.05) is 60.7 Å². The summed E-state index contributed by atoms with van der Waals surface area (Å²) in [5.74, 6) is -2.39. The monoisotopic (exact) mass is 557 g/mol. The Kier molecular flexibility index (Phi) is 7.90. The van der Waals surface area contributed by atoms with Crippen LogP contribution in [0.1, 0.15) is 35.6 Å². The van der Waals surface area contributed by atoms with Crippen LogP contribution >= 0.6 is 0 Å². The lowest BCUT2D eigenvalue weighted by Gasteiger charge is -2.40. The van der Waals surface area contributed by atoms with Gasteiger partial charge in [-0.25, -0.2) is 0 Å². The van der Waals surface area contributed by atoms with Crippen LogP contribution in [0.15, 0.2) is 73.8 Å². The summed E-state index contributed by atoms with van der Waals surface area (Å²) in [6, 6.07) is 13.2. The Balaban J connectivity index is 1.67. The molecule has 41 heavy (non-hydrogen) atoms. The number of aliphatic hydroxyl groups excluding tert-OH is 1. The first-order chi connectivity index (χ1) is 19.7. The molecule has 3 aliphatic rings.